The van der Waals surface area contributed by atoms with E-state index in [1.165, 1.54) is 0 Å². The van der Waals surface area contributed by atoms with Crippen molar-refractivity contribution in [1.29, 1.82) is 0 Å². The maximum atomic E-state index is 12.6. The van der Waals surface area contributed by atoms with E-state index in [2.05, 4.69) is 10.1 Å². The minimum absolute atomic E-state index is 0.151. The Morgan fingerprint density at radius 2 is 1.84 bits per heavy atom. The van der Waals surface area contributed by atoms with Gasteiger partial charge in [-0.1, -0.05) is 25.4 Å². The van der Waals surface area contributed by atoms with Crippen molar-refractivity contribution in [3.63, 3.8) is 0 Å². The number of aromatic nitrogens is 2. The van der Waals surface area contributed by atoms with Crippen LogP contribution >= 0.6 is 0 Å². The molecular formula is C17H23N3O4S. The third kappa shape index (κ3) is 4.19. The molecule has 1 fully saturated rings. The van der Waals surface area contributed by atoms with Gasteiger partial charge in [0.1, 0.15) is 5.75 Å². The van der Waals surface area contributed by atoms with E-state index in [-0.39, 0.29) is 12.5 Å². The van der Waals surface area contributed by atoms with Crippen molar-refractivity contribution in [3.8, 4) is 5.75 Å². The Hall–Kier alpha value is -1.93. The topological polar surface area (TPSA) is 85.5 Å². The van der Waals surface area contributed by atoms with Crippen LogP contribution in [0.3, 0.4) is 0 Å². The van der Waals surface area contributed by atoms with Crippen molar-refractivity contribution < 1.29 is 17.7 Å². The number of nitrogens with zero attached hydrogens (tertiary/aromatic N) is 3. The van der Waals surface area contributed by atoms with Gasteiger partial charge in [0, 0.05) is 19.0 Å². The Morgan fingerprint density at radius 3 is 2.44 bits per heavy atom. The van der Waals surface area contributed by atoms with Gasteiger partial charge in [0.2, 0.25) is 10.0 Å². The number of ether oxygens (including phenoxy) is 1. The molecule has 0 bridgehead atoms. The molecule has 0 atom stereocenters. The smallest absolute Gasteiger partial charge is 0.264 e. The second-order valence-electron chi connectivity index (χ2n) is 6.43. The van der Waals surface area contributed by atoms with Crippen LogP contribution in [-0.4, -0.2) is 36.0 Å². The molecule has 136 valence electrons. The van der Waals surface area contributed by atoms with Crippen LogP contribution in [0.5, 0.6) is 5.75 Å². The van der Waals surface area contributed by atoms with Crippen molar-refractivity contribution in [2.75, 3.05) is 13.1 Å². The molecule has 1 aliphatic heterocycles. The highest BCUT2D eigenvalue weighted by molar-refractivity contribution is 7.89. The zero-order valence-electron chi connectivity index (χ0n) is 14.5. The number of hydrogen-bond acceptors (Lipinski definition) is 6. The molecule has 0 amide bonds. The molecular weight excluding hydrogens is 342 g/mol. The van der Waals surface area contributed by atoms with Gasteiger partial charge in [0.05, 0.1) is 4.90 Å². The second-order valence-corrected chi connectivity index (χ2v) is 8.36. The summed E-state index contributed by atoms with van der Waals surface area (Å²) in [6.07, 6.45) is 2.93. The van der Waals surface area contributed by atoms with Gasteiger partial charge in [-0.3, -0.25) is 0 Å². The van der Waals surface area contributed by atoms with Gasteiger partial charge < -0.3 is 9.26 Å². The summed E-state index contributed by atoms with van der Waals surface area (Å²) in [4.78, 5) is 4.53. The Kier molecular flexibility index (Phi) is 5.39. The van der Waals surface area contributed by atoms with Crippen LogP contribution in [0.1, 0.15) is 50.7 Å². The molecule has 2 heterocycles. The molecule has 7 nitrogen and oxygen atoms in total. The molecule has 0 radical (unpaired) electrons. The summed E-state index contributed by atoms with van der Waals surface area (Å²) < 4.78 is 37.5. The first kappa shape index (κ1) is 17.9. The van der Waals surface area contributed by atoms with Crippen LogP contribution in [0.2, 0.25) is 0 Å². The van der Waals surface area contributed by atoms with E-state index in [1.807, 2.05) is 13.8 Å². The first-order valence-electron chi connectivity index (χ1n) is 8.52. The summed E-state index contributed by atoms with van der Waals surface area (Å²) in [5.74, 6) is 1.79. The van der Waals surface area contributed by atoms with Crippen molar-refractivity contribution in [2.45, 2.75) is 50.5 Å². The minimum atomic E-state index is -3.42. The van der Waals surface area contributed by atoms with E-state index in [0.29, 0.717) is 35.4 Å². The third-order valence-electron chi connectivity index (χ3n) is 4.14. The number of benzene rings is 1. The maximum absolute atomic E-state index is 12.6. The molecule has 2 aromatic rings. The normalized spacial score (nSPS) is 16.3. The fourth-order valence-electron chi connectivity index (χ4n) is 2.67. The molecule has 0 unspecified atom stereocenters. The van der Waals surface area contributed by atoms with Crippen molar-refractivity contribution in [1.82, 2.24) is 14.4 Å². The second kappa shape index (κ2) is 7.53. The van der Waals surface area contributed by atoms with Gasteiger partial charge in [0.25, 0.3) is 5.89 Å². The molecule has 25 heavy (non-hydrogen) atoms. The molecule has 0 aliphatic carbocycles. The number of piperidine rings is 1. The van der Waals surface area contributed by atoms with Gasteiger partial charge in [0.15, 0.2) is 12.4 Å². The Bertz CT molecular complexity index is 794. The standard InChI is InChI=1S/C17H23N3O4S/c1-13(2)17-18-16(24-19-17)12-23-14-6-8-15(9-7-14)25(21,22)20-10-4-3-5-11-20/h6-9,13H,3-5,10-12H2,1-2H3. The molecule has 1 aliphatic rings. The Balaban J connectivity index is 1.63. The highest BCUT2D eigenvalue weighted by Gasteiger charge is 2.25. The zero-order chi connectivity index (χ0) is 17.9. The Morgan fingerprint density at radius 1 is 1.16 bits per heavy atom. The average molecular weight is 365 g/mol. The van der Waals surface area contributed by atoms with E-state index < -0.39 is 10.0 Å². The highest BCUT2D eigenvalue weighted by Crippen LogP contribution is 2.23. The Labute approximate surface area is 148 Å². The van der Waals surface area contributed by atoms with E-state index in [9.17, 15) is 8.42 Å². The van der Waals surface area contributed by atoms with Gasteiger partial charge >= 0.3 is 0 Å². The molecule has 1 saturated heterocycles. The number of rotatable bonds is 6. The summed E-state index contributed by atoms with van der Waals surface area (Å²) in [5, 5.41) is 3.88. The van der Waals surface area contributed by atoms with E-state index >= 15 is 0 Å². The summed E-state index contributed by atoms with van der Waals surface area (Å²) in [6.45, 7) is 5.30. The molecule has 0 N–H and O–H groups in total. The van der Waals surface area contributed by atoms with Crippen LogP contribution in [0.25, 0.3) is 0 Å². The SMILES string of the molecule is CC(C)c1noc(COc2ccc(S(=O)(=O)N3CCCCC3)cc2)n1. The molecule has 1 aromatic carbocycles. The summed E-state index contributed by atoms with van der Waals surface area (Å²) in [5.41, 5.74) is 0. The fourth-order valence-corrected chi connectivity index (χ4v) is 4.19. The van der Waals surface area contributed by atoms with Crippen LogP contribution in [0.15, 0.2) is 33.7 Å². The third-order valence-corrected chi connectivity index (χ3v) is 6.05. The van der Waals surface area contributed by atoms with Crippen molar-refractivity contribution in [3.05, 3.63) is 36.0 Å². The number of sulfonamides is 1. The lowest BCUT2D eigenvalue weighted by Crippen LogP contribution is -2.35. The van der Waals surface area contributed by atoms with Gasteiger partial charge in [-0.2, -0.15) is 9.29 Å². The van der Waals surface area contributed by atoms with Crippen LogP contribution in [-0.2, 0) is 16.6 Å². The summed E-state index contributed by atoms with van der Waals surface area (Å²) >= 11 is 0. The molecule has 3 rings (SSSR count). The van der Waals surface area contributed by atoms with Gasteiger partial charge in [-0.25, -0.2) is 8.42 Å². The van der Waals surface area contributed by atoms with Crippen molar-refractivity contribution in [2.24, 2.45) is 0 Å². The van der Waals surface area contributed by atoms with Crippen LogP contribution < -0.4 is 4.74 Å². The molecule has 0 spiro atoms. The predicted molar refractivity (Wildman–Crippen MR) is 91.8 cm³/mol. The fraction of sp³-hybridized carbons (Fsp3) is 0.529. The highest BCUT2D eigenvalue weighted by atomic mass is 32.2. The first-order chi connectivity index (χ1) is 12.0. The van der Waals surface area contributed by atoms with Gasteiger partial charge in [-0.05, 0) is 37.1 Å². The largest absolute Gasteiger partial charge is 0.484 e. The zero-order valence-corrected chi connectivity index (χ0v) is 15.3. The first-order valence-corrected chi connectivity index (χ1v) is 9.96. The minimum Gasteiger partial charge on any atom is -0.484 e. The summed E-state index contributed by atoms with van der Waals surface area (Å²) in [7, 11) is -3.42. The lowest BCUT2D eigenvalue weighted by Gasteiger charge is -2.25. The average Bonchev–Trinajstić information content (AvgIpc) is 3.10. The number of hydrogen-bond donors (Lipinski definition) is 0. The summed E-state index contributed by atoms with van der Waals surface area (Å²) in [6, 6.07) is 6.45. The van der Waals surface area contributed by atoms with E-state index in [0.717, 1.165) is 19.3 Å². The lowest BCUT2D eigenvalue weighted by molar-refractivity contribution is 0.242. The molecule has 8 heteroatoms. The van der Waals surface area contributed by atoms with Crippen LogP contribution in [0.4, 0.5) is 0 Å². The van der Waals surface area contributed by atoms with Crippen LogP contribution in [0, 0.1) is 0 Å². The van der Waals surface area contributed by atoms with E-state index in [1.54, 1.807) is 28.6 Å². The van der Waals surface area contributed by atoms with Gasteiger partial charge in [-0.15, -0.1) is 0 Å². The van der Waals surface area contributed by atoms with E-state index in [4.69, 9.17) is 9.26 Å². The quantitative estimate of drug-likeness (QED) is 0.782. The predicted octanol–water partition coefficient (Wildman–Crippen LogP) is 2.95. The molecule has 0 saturated carbocycles. The molecule has 1 aromatic heterocycles. The van der Waals surface area contributed by atoms with Crippen molar-refractivity contribution >= 4 is 10.0 Å². The lowest BCUT2D eigenvalue weighted by atomic mass is 10.2. The monoisotopic (exact) mass is 365 g/mol. The maximum Gasteiger partial charge on any atom is 0.264 e.